The summed E-state index contributed by atoms with van der Waals surface area (Å²) >= 11 is 0. The maximum Gasteiger partial charge on any atom is 0.307 e. The molecule has 0 bridgehead atoms. The molecule has 1 saturated carbocycles. The number of rotatable bonds is 4. The fourth-order valence-electron chi connectivity index (χ4n) is 4.98. The summed E-state index contributed by atoms with van der Waals surface area (Å²) in [6, 6.07) is 6.61. The summed E-state index contributed by atoms with van der Waals surface area (Å²) in [5.41, 5.74) is -0.0639. The lowest BCUT2D eigenvalue weighted by atomic mass is 9.74. The first kappa shape index (κ1) is 18.4. The van der Waals surface area contributed by atoms with Gasteiger partial charge in [0.05, 0.1) is 12.3 Å². The lowest BCUT2D eigenvalue weighted by Gasteiger charge is -2.38. The Kier molecular flexibility index (Phi) is 4.93. The van der Waals surface area contributed by atoms with E-state index in [9.17, 15) is 14.0 Å². The van der Waals surface area contributed by atoms with Crippen molar-refractivity contribution in [3.05, 3.63) is 35.6 Å². The van der Waals surface area contributed by atoms with Gasteiger partial charge in [-0.05, 0) is 56.2 Å². The minimum Gasteiger partial charge on any atom is -0.458 e. The highest BCUT2D eigenvalue weighted by atomic mass is 19.1. The van der Waals surface area contributed by atoms with Crippen LogP contribution >= 0.6 is 0 Å². The fraction of sp³-hybridized carbons (Fsp3) is 0.619. The zero-order valence-electron chi connectivity index (χ0n) is 15.5. The van der Waals surface area contributed by atoms with Crippen LogP contribution in [0, 0.1) is 11.7 Å². The highest BCUT2D eigenvalue weighted by Gasteiger charge is 2.54. The van der Waals surface area contributed by atoms with Crippen LogP contribution in [0.1, 0.15) is 50.5 Å². The van der Waals surface area contributed by atoms with Gasteiger partial charge in [-0.1, -0.05) is 12.1 Å². The summed E-state index contributed by atoms with van der Waals surface area (Å²) in [7, 11) is 0. The molecular formula is C21H26FNO4. The second-order valence-electron chi connectivity index (χ2n) is 8.12. The summed E-state index contributed by atoms with van der Waals surface area (Å²) < 4.78 is 24.9. The number of benzene rings is 1. The van der Waals surface area contributed by atoms with Gasteiger partial charge in [-0.2, -0.15) is 0 Å². The molecular weight excluding hydrogens is 349 g/mol. The van der Waals surface area contributed by atoms with Crippen LogP contribution in [0.5, 0.6) is 0 Å². The topological polar surface area (TPSA) is 64.6 Å². The summed E-state index contributed by atoms with van der Waals surface area (Å²) in [6.45, 7) is 1.59. The van der Waals surface area contributed by atoms with E-state index in [-0.39, 0.29) is 29.5 Å². The molecule has 3 fully saturated rings. The number of carbonyl (C=O) groups is 2. The summed E-state index contributed by atoms with van der Waals surface area (Å²) in [5.74, 6) is -1.09. The average molecular weight is 375 g/mol. The number of carbonyl (C=O) groups excluding carboxylic acids is 2. The number of amides is 1. The van der Waals surface area contributed by atoms with Crippen LogP contribution in [-0.4, -0.2) is 37.2 Å². The SMILES string of the molecule is O=C1C[C@@H](C(=O)NCC2(c3cccc(F)c3)CCOCC2)C2(CCCC2)O1. The molecule has 146 valence electrons. The van der Waals surface area contributed by atoms with Crippen LogP contribution in [0.15, 0.2) is 24.3 Å². The average Bonchev–Trinajstić information content (AvgIpc) is 3.27. The standard InChI is InChI=1S/C21H26FNO4/c22-16-5-3-4-15(12-16)20(8-10-26-11-9-20)14-23-19(25)17-13-18(24)27-21(17)6-1-2-7-21/h3-5,12,17H,1-2,6-11,13-14H2,(H,23,25)/t17-/m0/s1. The molecule has 6 heteroatoms. The van der Waals surface area contributed by atoms with E-state index in [0.717, 1.165) is 44.1 Å². The lowest BCUT2D eigenvalue weighted by Crippen LogP contribution is -2.49. The highest BCUT2D eigenvalue weighted by molar-refractivity contribution is 5.88. The van der Waals surface area contributed by atoms with Crippen molar-refractivity contribution >= 4 is 11.9 Å². The molecule has 0 unspecified atom stereocenters. The van der Waals surface area contributed by atoms with E-state index in [1.54, 1.807) is 12.1 Å². The Morgan fingerprint density at radius 3 is 2.63 bits per heavy atom. The zero-order chi connectivity index (χ0) is 18.9. The number of halogens is 1. The molecule has 27 heavy (non-hydrogen) atoms. The van der Waals surface area contributed by atoms with Gasteiger partial charge in [-0.15, -0.1) is 0 Å². The molecule has 2 aliphatic heterocycles. The van der Waals surface area contributed by atoms with Crippen LogP contribution in [-0.2, 0) is 24.5 Å². The molecule has 1 spiro atoms. The fourth-order valence-corrected chi connectivity index (χ4v) is 4.98. The largest absolute Gasteiger partial charge is 0.458 e. The van der Waals surface area contributed by atoms with Crippen molar-refractivity contribution in [1.82, 2.24) is 5.32 Å². The van der Waals surface area contributed by atoms with Gasteiger partial charge in [0.1, 0.15) is 11.4 Å². The van der Waals surface area contributed by atoms with E-state index < -0.39 is 11.5 Å². The molecule has 2 saturated heterocycles. The molecule has 4 rings (SSSR count). The van der Waals surface area contributed by atoms with Crippen LogP contribution in [0.3, 0.4) is 0 Å². The number of esters is 1. The second-order valence-corrected chi connectivity index (χ2v) is 8.12. The Morgan fingerprint density at radius 1 is 1.19 bits per heavy atom. The third kappa shape index (κ3) is 3.47. The van der Waals surface area contributed by atoms with Gasteiger partial charge in [-0.3, -0.25) is 9.59 Å². The Labute approximate surface area is 158 Å². The summed E-state index contributed by atoms with van der Waals surface area (Å²) in [6.07, 6.45) is 5.11. The molecule has 0 radical (unpaired) electrons. The van der Waals surface area contributed by atoms with E-state index in [2.05, 4.69) is 5.32 Å². The third-order valence-corrected chi connectivity index (χ3v) is 6.58. The molecule has 1 amide bonds. The monoisotopic (exact) mass is 375 g/mol. The number of ether oxygens (including phenoxy) is 2. The molecule has 1 N–H and O–H groups in total. The smallest absolute Gasteiger partial charge is 0.307 e. The van der Waals surface area contributed by atoms with Crippen LogP contribution < -0.4 is 5.32 Å². The third-order valence-electron chi connectivity index (χ3n) is 6.58. The molecule has 2 heterocycles. The minimum absolute atomic E-state index is 0.120. The summed E-state index contributed by atoms with van der Waals surface area (Å²) in [5, 5.41) is 3.08. The zero-order valence-corrected chi connectivity index (χ0v) is 15.5. The van der Waals surface area contributed by atoms with Crippen molar-refractivity contribution in [1.29, 1.82) is 0 Å². The maximum atomic E-state index is 13.8. The Morgan fingerprint density at radius 2 is 1.93 bits per heavy atom. The van der Waals surface area contributed by atoms with Crippen molar-refractivity contribution in [2.45, 2.75) is 56.0 Å². The van der Waals surface area contributed by atoms with Gasteiger partial charge >= 0.3 is 5.97 Å². The molecule has 1 aliphatic carbocycles. The van der Waals surface area contributed by atoms with E-state index in [1.165, 1.54) is 6.07 Å². The van der Waals surface area contributed by atoms with Crippen LogP contribution in [0.4, 0.5) is 4.39 Å². The Hall–Kier alpha value is -1.95. The van der Waals surface area contributed by atoms with Gasteiger partial charge in [-0.25, -0.2) is 4.39 Å². The number of nitrogens with one attached hydrogen (secondary N) is 1. The number of hydrogen-bond donors (Lipinski definition) is 1. The summed E-state index contributed by atoms with van der Waals surface area (Å²) in [4.78, 5) is 24.9. The van der Waals surface area contributed by atoms with E-state index in [0.29, 0.717) is 19.8 Å². The van der Waals surface area contributed by atoms with E-state index in [4.69, 9.17) is 9.47 Å². The molecule has 1 atom stereocenters. The van der Waals surface area contributed by atoms with E-state index in [1.807, 2.05) is 6.07 Å². The predicted molar refractivity (Wildman–Crippen MR) is 96.5 cm³/mol. The van der Waals surface area contributed by atoms with Crippen LogP contribution in [0.25, 0.3) is 0 Å². The van der Waals surface area contributed by atoms with Gasteiger partial charge in [0.2, 0.25) is 5.91 Å². The number of hydrogen-bond acceptors (Lipinski definition) is 4. The van der Waals surface area contributed by atoms with Gasteiger partial charge < -0.3 is 14.8 Å². The Bertz CT molecular complexity index is 723. The van der Waals surface area contributed by atoms with Crippen LogP contribution in [0.2, 0.25) is 0 Å². The van der Waals surface area contributed by atoms with Gasteiger partial charge in [0, 0.05) is 25.2 Å². The van der Waals surface area contributed by atoms with Crippen molar-refractivity contribution in [2.75, 3.05) is 19.8 Å². The molecule has 3 aliphatic rings. The van der Waals surface area contributed by atoms with Crippen molar-refractivity contribution in [3.63, 3.8) is 0 Å². The van der Waals surface area contributed by atoms with E-state index >= 15 is 0 Å². The van der Waals surface area contributed by atoms with Crippen molar-refractivity contribution in [3.8, 4) is 0 Å². The first-order chi connectivity index (χ1) is 13.0. The minimum atomic E-state index is -0.608. The predicted octanol–water partition coefficient (Wildman–Crippen LogP) is 2.87. The molecule has 1 aromatic rings. The van der Waals surface area contributed by atoms with Gasteiger partial charge in [0.15, 0.2) is 0 Å². The molecule has 0 aromatic heterocycles. The first-order valence-corrected chi connectivity index (χ1v) is 9.86. The first-order valence-electron chi connectivity index (χ1n) is 9.86. The lowest BCUT2D eigenvalue weighted by molar-refractivity contribution is -0.150. The van der Waals surface area contributed by atoms with Crippen molar-refractivity contribution < 1.29 is 23.5 Å². The Balaban J connectivity index is 1.51. The normalized spacial score (nSPS) is 26.1. The van der Waals surface area contributed by atoms with Crippen molar-refractivity contribution in [2.24, 2.45) is 5.92 Å². The highest BCUT2D eigenvalue weighted by Crippen LogP contribution is 2.45. The second kappa shape index (κ2) is 7.23. The van der Waals surface area contributed by atoms with Gasteiger partial charge in [0.25, 0.3) is 0 Å². The maximum absolute atomic E-state index is 13.8. The quantitative estimate of drug-likeness (QED) is 0.822. The molecule has 1 aromatic carbocycles. The molecule has 5 nitrogen and oxygen atoms in total.